The van der Waals surface area contributed by atoms with E-state index in [1.54, 1.807) is 48.8 Å². The van der Waals surface area contributed by atoms with Gasteiger partial charge in [-0.25, -0.2) is 0 Å². The van der Waals surface area contributed by atoms with E-state index in [4.69, 9.17) is 23.2 Å². The summed E-state index contributed by atoms with van der Waals surface area (Å²) in [6.07, 6.45) is 6.64. The monoisotopic (exact) mass is 404 g/mol. The molecule has 0 aliphatic heterocycles. The number of hydrogen-bond acceptors (Lipinski definition) is 3. The van der Waals surface area contributed by atoms with Crippen LogP contribution in [0, 0.1) is 0 Å². The number of allylic oxidation sites excluding steroid dienone is 1. The van der Waals surface area contributed by atoms with Gasteiger partial charge in [0.15, 0.2) is 5.78 Å². The lowest BCUT2D eigenvalue weighted by Crippen LogP contribution is -1.94. The fourth-order valence-electron chi connectivity index (χ4n) is 2.89. The highest BCUT2D eigenvalue weighted by atomic mass is 35.5. The molecular formula is C23H14Cl2N2O. The first-order valence-electron chi connectivity index (χ1n) is 8.59. The summed E-state index contributed by atoms with van der Waals surface area (Å²) in [5.41, 5.74) is 4.91. The van der Waals surface area contributed by atoms with Gasteiger partial charge < -0.3 is 0 Å². The van der Waals surface area contributed by atoms with E-state index in [0.717, 1.165) is 27.7 Å². The average molecular weight is 405 g/mol. The maximum absolute atomic E-state index is 12.5. The van der Waals surface area contributed by atoms with Crippen molar-refractivity contribution in [3.8, 4) is 11.1 Å². The Morgan fingerprint density at radius 3 is 2.32 bits per heavy atom. The van der Waals surface area contributed by atoms with E-state index in [0.29, 0.717) is 15.6 Å². The second-order valence-electron chi connectivity index (χ2n) is 6.20. The zero-order chi connectivity index (χ0) is 19.5. The van der Waals surface area contributed by atoms with Crippen molar-refractivity contribution in [2.75, 3.05) is 0 Å². The van der Waals surface area contributed by atoms with Crippen molar-refractivity contribution in [1.29, 1.82) is 0 Å². The van der Waals surface area contributed by atoms with Gasteiger partial charge in [0.1, 0.15) is 0 Å². The predicted molar refractivity (Wildman–Crippen MR) is 115 cm³/mol. The number of fused-ring (bicyclic) bond motifs is 1. The van der Waals surface area contributed by atoms with Gasteiger partial charge in [-0.3, -0.25) is 14.8 Å². The largest absolute Gasteiger partial charge is 0.289 e. The molecule has 0 amide bonds. The number of benzene rings is 3. The van der Waals surface area contributed by atoms with Gasteiger partial charge in [0.25, 0.3) is 0 Å². The summed E-state index contributed by atoms with van der Waals surface area (Å²) in [6.45, 7) is 0. The SMILES string of the molecule is O=C(C=Cc1ccc2nccnc2c1)c1ccc(-c2ccc(Cl)cc2Cl)cc1. The predicted octanol–water partition coefficient (Wildman–Crippen LogP) is 6.50. The molecule has 0 saturated carbocycles. The lowest BCUT2D eigenvalue weighted by Gasteiger charge is -2.06. The van der Waals surface area contributed by atoms with E-state index < -0.39 is 0 Å². The third kappa shape index (κ3) is 3.96. The molecule has 1 heterocycles. The maximum Gasteiger partial charge on any atom is 0.185 e. The number of ketones is 1. The number of aromatic nitrogens is 2. The number of halogens is 2. The summed E-state index contributed by atoms with van der Waals surface area (Å²) in [6, 6.07) is 18.4. The quantitative estimate of drug-likeness (QED) is 0.288. The number of hydrogen-bond donors (Lipinski definition) is 0. The Hall–Kier alpha value is -3.01. The molecular weight excluding hydrogens is 391 g/mol. The topological polar surface area (TPSA) is 42.9 Å². The van der Waals surface area contributed by atoms with Crippen LogP contribution in [0.5, 0.6) is 0 Å². The van der Waals surface area contributed by atoms with Gasteiger partial charge in [0.05, 0.1) is 11.0 Å². The van der Waals surface area contributed by atoms with Gasteiger partial charge in [0.2, 0.25) is 0 Å². The summed E-state index contributed by atoms with van der Waals surface area (Å²) < 4.78 is 0. The third-order valence-electron chi connectivity index (χ3n) is 4.33. The first-order chi connectivity index (χ1) is 13.6. The molecule has 4 rings (SSSR count). The summed E-state index contributed by atoms with van der Waals surface area (Å²) in [7, 11) is 0. The minimum Gasteiger partial charge on any atom is -0.289 e. The van der Waals surface area contributed by atoms with Crippen molar-refractivity contribution in [1.82, 2.24) is 9.97 Å². The summed E-state index contributed by atoms with van der Waals surface area (Å²) in [5.74, 6) is -0.0759. The maximum atomic E-state index is 12.5. The number of rotatable bonds is 4. The van der Waals surface area contributed by atoms with Crippen molar-refractivity contribution < 1.29 is 4.79 Å². The molecule has 3 aromatic carbocycles. The Morgan fingerprint density at radius 1 is 0.821 bits per heavy atom. The normalized spacial score (nSPS) is 11.2. The molecule has 4 aromatic rings. The van der Waals surface area contributed by atoms with Crippen LogP contribution in [0.4, 0.5) is 0 Å². The van der Waals surface area contributed by atoms with E-state index in [1.165, 1.54) is 0 Å². The standard InChI is InChI=1S/C23H14Cl2N2O/c24-18-7-8-19(20(25)14-18)16-3-5-17(6-4-16)23(28)10-2-15-1-9-21-22(13-15)27-12-11-26-21/h1-14H. The number of carbonyl (C=O) groups excluding carboxylic acids is 1. The summed E-state index contributed by atoms with van der Waals surface area (Å²) in [4.78, 5) is 21.0. The molecule has 0 saturated heterocycles. The van der Waals surface area contributed by atoms with Crippen LogP contribution in [0.15, 0.2) is 79.1 Å². The lowest BCUT2D eigenvalue weighted by atomic mass is 10.0. The molecule has 1 aromatic heterocycles. The van der Waals surface area contributed by atoms with Gasteiger partial charge in [-0.1, -0.05) is 65.7 Å². The Kier molecular flexibility index (Phi) is 5.20. The average Bonchev–Trinajstić information content (AvgIpc) is 2.72. The van der Waals surface area contributed by atoms with Crippen molar-refractivity contribution in [2.24, 2.45) is 0 Å². The molecule has 0 bridgehead atoms. The van der Waals surface area contributed by atoms with Gasteiger partial charge in [0, 0.05) is 33.6 Å². The van der Waals surface area contributed by atoms with Gasteiger partial charge in [-0.05, 0) is 41.5 Å². The molecule has 0 radical (unpaired) electrons. The van der Waals surface area contributed by atoms with Crippen LogP contribution >= 0.6 is 23.2 Å². The van der Waals surface area contributed by atoms with Crippen LogP contribution in [0.3, 0.4) is 0 Å². The van der Waals surface area contributed by atoms with Gasteiger partial charge in [-0.15, -0.1) is 0 Å². The minimum atomic E-state index is -0.0759. The summed E-state index contributed by atoms with van der Waals surface area (Å²) >= 11 is 12.2. The van der Waals surface area contributed by atoms with Crippen molar-refractivity contribution in [2.45, 2.75) is 0 Å². The first kappa shape index (κ1) is 18.4. The van der Waals surface area contributed by atoms with Crippen LogP contribution < -0.4 is 0 Å². The van der Waals surface area contributed by atoms with Gasteiger partial charge >= 0.3 is 0 Å². The molecule has 0 unspecified atom stereocenters. The third-order valence-corrected chi connectivity index (χ3v) is 4.88. The molecule has 28 heavy (non-hydrogen) atoms. The molecule has 3 nitrogen and oxygen atoms in total. The fourth-order valence-corrected chi connectivity index (χ4v) is 3.41. The summed E-state index contributed by atoms with van der Waals surface area (Å²) in [5, 5.41) is 1.16. The Balaban J connectivity index is 1.53. The highest BCUT2D eigenvalue weighted by molar-refractivity contribution is 6.36. The molecule has 0 N–H and O–H groups in total. The van der Waals surface area contributed by atoms with Crippen LogP contribution in [0.1, 0.15) is 15.9 Å². The van der Waals surface area contributed by atoms with E-state index in [1.807, 2.05) is 36.4 Å². The van der Waals surface area contributed by atoms with E-state index >= 15 is 0 Å². The molecule has 0 fully saturated rings. The highest BCUT2D eigenvalue weighted by Crippen LogP contribution is 2.30. The van der Waals surface area contributed by atoms with E-state index in [9.17, 15) is 4.79 Å². The van der Waals surface area contributed by atoms with Crippen molar-refractivity contribution >= 4 is 46.1 Å². The van der Waals surface area contributed by atoms with Crippen LogP contribution in [0.25, 0.3) is 28.2 Å². The molecule has 0 aliphatic rings. The fraction of sp³-hybridized carbons (Fsp3) is 0. The zero-order valence-electron chi connectivity index (χ0n) is 14.6. The second-order valence-corrected chi connectivity index (χ2v) is 7.05. The molecule has 136 valence electrons. The molecule has 0 spiro atoms. The van der Waals surface area contributed by atoms with Crippen molar-refractivity contribution in [3.05, 3.63) is 100 Å². The Labute approximate surface area is 172 Å². The minimum absolute atomic E-state index is 0.0759. The Morgan fingerprint density at radius 2 is 1.57 bits per heavy atom. The Bertz CT molecular complexity index is 1200. The van der Waals surface area contributed by atoms with Crippen LogP contribution in [-0.2, 0) is 0 Å². The molecule has 0 atom stereocenters. The lowest BCUT2D eigenvalue weighted by molar-refractivity contribution is 0.104. The van der Waals surface area contributed by atoms with Crippen LogP contribution in [-0.4, -0.2) is 15.8 Å². The second kappa shape index (κ2) is 7.93. The van der Waals surface area contributed by atoms with E-state index in [-0.39, 0.29) is 5.78 Å². The van der Waals surface area contributed by atoms with E-state index in [2.05, 4.69) is 9.97 Å². The van der Waals surface area contributed by atoms with Crippen LogP contribution in [0.2, 0.25) is 10.0 Å². The highest BCUT2D eigenvalue weighted by Gasteiger charge is 2.07. The molecule has 0 aliphatic carbocycles. The van der Waals surface area contributed by atoms with Gasteiger partial charge in [-0.2, -0.15) is 0 Å². The van der Waals surface area contributed by atoms with Crippen molar-refractivity contribution in [3.63, 3.8) is 0 Å². The first-order valence-corrected chi connectivity index (χ1v) is 9.34. The number of carbonyl (C=O) groups is 1. The smallest absolute Gasteiger partial charge is 0.185 e. The zero-order valence-corrected chi connectivity index (χ0v) is 16.2. The molecule has 5 heteroatoms. The number of nitrogens with zero attached hydrogens (tertiary/aromatic N) is 2.